The molecular weight excluding hydrogens is 362 g/mol. The average molecular weight is 374 g/mol. The molecule has 1 amide bonds. The van der Waals surface area contributed by atoms with Gasteiger partial charge in [0.25, 0.3) is 5.91 Å². The lowest BCUT2D eigenvalue weighted by molar-refractivity contribution is 0.0951. The summed E-state index contributed by atoms with van der Waals surface area (Å²) in [5.74, 6) is -0.296. The highest BCUT2D eigenvalue weighted by atomic mass is 79.9. The highest BCUT2D eigenvalue weighted by Gasteiger charge is 2.12. The molecule has 0 aliphatic heterocycles. The second-order valence-corrected chi connectivity index (χ2v) is 8.05. The third-order valence-electron chi connectivity index (χ3n) is 2.62. The molecule has 20 heavy (non-hydrogen) atoms. The Morgan fingerprint density at radius 1 is 1.35 bits per heavy atom. The van der Waals surface area contributed by atoms with Crippen molar-refractivity contribution in [1.29, 1.82) is 0 Å². The van der Waals surface area contributed by atoms with Gasteiger partial charge in [-0.05, 0) is 45.6 Å². The van der Waals surface area contributed by atoms with Crippen LogP contribution >= 0.6 is 27.3 Å². The third kappa shape index (κ3) is 3.68. The maximum atomic E-state index is 12.0. The van der Waals surface area contributed by atoms with E-state index in [-0.39, 0.29) is 10.8 Å². The molecule has 1 heterocycles. The number of rotatable bonds is 4. The van der Waals surface area contributed by atoms with Gasteiger partial charge in [0.05, 0.1) is 11.4 Å². The number of hydrogen-bond acceptors (Lipinski definition) is 4. The number of halogens is 1. The molecule has 0 bridgehead atoms. The summed E-state index contributed by atoms with van der Waals surface area (Å²) < 4.78 is 23.9. The fourth-order valence-electron chi connectivity index (χ4n) is 1.58. The summed E-state index contributed by atoms with van der Waals surface area (Å²) in [5, 5.41) is 4.69. The van der Waals surface area contributed by atoms with Gasteiger partial charge in [-0.15, -0.1) is 11.3 Å². The van der Waals surface area contributed by atoms with Crippen LogP contribution in [-0.4, -0.2) is 20.6 Å². The molecule has 0 saturated carbocycles. The maximum absolute atomic E-state index is 12.0. The summed E-state index contributed by atoms with van der Waals surface area (Å²) in [6.45, 7) is 0.403. The molecule has 1 N–H and O–H groups in total. The Morgan fingerprint density at radius 3 is 2.70 bits per heavy atom. The van der Waals surface area contributed by atoms with Gasteiger partial charge in [-0.3, -0.25) is 4.79 Å². The molecule has 7 heteroatoms. The van der Waals surface area contributed by atoms with Gasteiger partial charge < -0.3 is 5.32 Å². The van der Waals surface area contributed by atoms with Crippen LogP contribution in [0.25, 0.3) is 0 Å². The molecule has 0 atom stereocenters. The number of carbonyl (C=O) groups excluding carboxylic acids is 1. The molecule has 0 aliphatic rings. The molecule has 2 aromatic rings. The Balaban J connectivity index is 2.12. The number of benzene rings is 1. The summed E-state index contributed by atoms with van der Waals surface area (Å²) >= 11 is 4.93. The number of amides is 1. The van der Waals surface area contributed by atoms with Crippen LogP contribution in [0.1, 0.15) is 15.2 Å². The van der Waals surface area contributed by atoms with Gasteiger partial charge in [-0.25, -0.2) is 8.42 Å². The Morgan fingerprint density at radius 2 is 2.10 bits per heavy atom. The van der Waals surface area contributed by atoms with Crippen molar-refractivity contribution in [3.8, 4) is 0 Å². The Kier molecular flexibility index (Phi) is 4.62. The van der Waals surface area contributed by atoms with E-state index in [1.165, 1.54) is 23.5 Å². The lowest BCUT2D eigenvalue weighted by Gasteiger charge is -2.06. The van der Waals surface area contributed by atoms with Crippen LogP contribution in [0.5, 0.6) is 0 Å². The normalized spacial score (nSPS) is 11.3. The van der Waals surface area contributed by atoms with Crippen LogP contribution in [-0.2, 0) is 16.4 Å². The molecule has 0 unspecified atom stereocenters. The second kappa shape index (κ2) is 6.07. The van der Waals surface area contributed by atoms with Crippen LogP contribution < -0.4 is 5.32 Å². The smallest absolute Gasteiger partial charge is 0.251 e. The molecule has 0 radical (unpaired) electrons. The van der Waals surface area contributed by atoms with Gasteiger partial charge in [0.15, 0.2) is 9.84 Å². The first-order chi connectivity index (χ1) is 9.38. The highest BCUT2D eigenvalue weighted by molar-refractivity contribution is 9.10. The quantitative estimate of drug-likeness (QED) is 0.895. The Labute approximate surface area is 129 Å². The van der Waals surface area contributed by atoms with Gasteiger partial charge in [0.1, 0.15) is 0 Å². The average Bonchev–Trinajstić information content (AvgIpc) is 2.81. The van der Waals surface area contributed by atoms with Crippen LogP contribution in [0, 0.1) is 0 Å². The molecular formula is C13H12BrNO3S2. The molecule has 0 saturated heterocycles. The van der Waals surface area contributed by atoms with Gasteiger partial charge in [0.2, 0.25) is 0 Å². The largest absolute Gasteiger partial charge is 0.347 e. The Bertz CT molecular complexity index is 738. The first-order valence-electron chi connectivity index (χ1n) is 5.68. The predicted molar refractivity (Wildman–Crippen MR) is 82.7 cm³/mol. The number of thiophene rings is 1. The zero-order chi connectivity index (χ0) is 14.8. The molecule has 106 valence electrons. The second-order valence-electron chi connectivity index (χ2n) is 4.17. The van der Waals surface area contributed by atoms with E-state index in [1.807, 2.05) is 11.4 Å². The molecule has 4 nitrogen and oxygen atoms in total. The fourth-order valence-corrected chi connectivity index (χ4v) is 3.68. The van der Waals surface area contributed by atoms with Gasteiger partial charge in [-0.1, -0.05) is 6.07 Å². The number of hydrogen-bond donors (Lipinski definition) is 1. The summed E-state index contributed by atoms with van der Waals surface area (Å²) in [7, 11) is -3.31. The maximum Gasteiger partial charge on any atom is 0.251 e. The molecule has 1 aromatic heterocycles. The van der Waals surface area contributed by atoms with Gasteiger partial charge in [0, 0.05) is 21.2 Å². The van der Waals surface area contributed by atoms with Crippen molar-refractivity contribution >= 4 is 43.0 Å². The fraction of sp³-hybridized carbons (Fsp3) is 0.154. The van der Waals surface area contributed by atoms with E-state index in [4.69, 9.17) is 0 Å². The summed E-state index contributed by atoms with van der Waals surface area (Å²) in [4.78, 5) is 13.2. The number of carbonyl (C=O) groups is 1. The van der Waals surface area contributed by atoms with Crippen molar-refractivity contribution in [1.82, 2.24) is 5.32 Å². The van der Waals surface area contributed by atoms with Crippen LogP contribution in [0.2, 0.25) is 0 Å². The van der Waals surface area contributed by atoms with Crippen molar-refractivity contribution in [3.63, 3.8) is 0 Å². The summed E-state index contributed by atoms with van der Waals surface area (Å²) in [6, 6.07) is 7.92. The minimum absolute atomic E-state index is 0.141. The van der Waals surface area contributed by atoms with E-state index in [0.717, 1.165) is 15.6 Å². The van der Waals surface area contributed by atoms with Crippen LogP contribution in [0.3, 0.4) is 0 Å². The predicted octanol–water partition coefficient (Wildman–Crippen LogP) is 2.84. The summed E-state index contributed by atoms with van der Waals surface area (Å²) in [5.41, 5.74) is 0.334. The molecule has 1 aromatic carbocycles. The van der Waals surface area contributed by atoms with E-state index < -0.39 is 9.84 Å². The number of nitrogens with one attached hydrogen (secondary N) is 1. The van der Waals surface area contributed by atoms with Crippen molar-refractivity contribution < 1.29 is 13.2 Å². The molecule has 0 aliphatic carbocycles. The Hall–Kier alpha value is -1.18. The van der Waals surface area contributed by atoms with Gasteiger partial charge in [-0.2, -0.15) is 0 Å². The van der Waals surface area contributed by atoms with Crippen LogP contribution in [0.4, 0.5) is 0 Å². The molecule has 2 rings (SSSR count). The number of sulfone groups is 1. The topological polar surface area (TPSA) is 63.2 Å². The van der Waals surface area contributed by atoms with Crippen molar-refractivity contribution in [2.24, 2.45) is 0 Å². The highest BCUT2D eigenvalue weighted by Crippen LogP contribution is 2.22. The lowest BCUT2D eigenvalue weighted by atomic mass is 10.2. The minimum Gasteiger partial charge on any atom is -0.347 e. The van der Waals surface area contributed by atoms with Crippen molar-refractivity contribution in [3.05, 3.63) is 50.6 Å². The van der Waals surface area contributed by atoms with E-state index in [2.05, 4.69) is 21.2 Å². The van der Waals surface area contributed by atoms with Gasteiger partial charge >= 0.3 is 0 Å². The molecule has 0 fully saturated rings. The van der Waals surface area contributed by atoms with Crippen molar-refractivity contribution in [2.45, 2.75) is 11.4 Å². The lowest BCUT2D eigenvalue weighted by Crippen LogP contribution is -2.22. The summed E-state index contributed by atoms with van der Waals surface area (Å²) in [6.07, 6.45) is 1.12. The van der Waals surface area contributed by atoms with Crippen LogP contribution in [0.15, 0.2) is 45.1 Å². The standard InChI is InChI=1S/C13H12BrNO3S2/c1-20(17,18)10-4-2-3-9(7-10)13(16)15-8-12-11(14)5-6-19-12/h2-7H,8H2,1H3,(H,15,16). The minimum atomic E-state index is -3.31. The zero-order valence-corrected chi connectivity index (χ0v) is 13.8. The van der Waals surface area contributed by atoms with E-state index in [1.54, 1.807) is 12.1 Å². The zero-order valence-electron chi connectivity index (χ0n) is 10.6. The van der Waals surface area contributed by atoms with E-state index in [0.29, 0.717) is 12.1 Å². The van der Waals surface area contributed by atoms with E-state index >= 15 is 0 Å². The first-order valence-corrected chi connectivity index (χ1v) is 9.24. The van der Waals surface area contributed by atoms with Crippen molar-refractivity contribution in [2.75, 3.05) is 6.26 Å². The third-order valence-corrected chi connectivity index (χ3v) is 5.66. The SMILES string of the molecule is CS(=O)(=O)c1cccc(C(=O)NCc2sccc2Br)c1. The monoisotopic (exact) mass is 373 g/mol. The van der Waals surface area contributed by atoms with E-state index in [9.17, 15) is 13.2 Å². The molecule has 0 spiro atoms. The first kappa shape index (κ1) is 15.2.